The van der Waals surface area contributed by atoms with Gasteiger partial charge in [-0.2, -0.15) is 10.6 Å². The fraction of sp³-hybridized carbons (Fsp3) is 0.571. The Morgan fingerprint density at radius 3 is 2.79 bits per heavy atom. The number of carbonyl (C=O) groups excluding carboxylic acids is 1. The zero-order chi connectivity index (χ0) is 10.8. The highest BCUT2D eigenvalue weighted by Gasteiger charge is 2.48. The summed E-state index contributed by atoms with van der Waals surface area (Å²) < 4.78 is 0. The van der Waals surface area contributed by atoms with Crippen molar-refractivity contribution in [2.75, 3.05) is 7.11 Å². The van der Waals surface area contributed by atoms with Crippen molar-refractivity contribution < 1.29 is 14.8 Å². The predicted molar refractivity (Wildman–Crippen MR) is 49.0 cm³/mol. The smallest absolute Gasteiger partial charge is 0.274 e. The van der Waals surface area contributed by atoms with Crippen LogP contribution < -0.4 is 10.9 Å². The molecule has 0 saturated carbocycles. The van der Waals surface area contributed by atoms with Gasteiger partial charge in [0.2, 0.25) is 5.54 Å². The number of hydrogen-bond acceptors (Lipinski definition) is 6. The Bertz CT molecular complexity index is 312. The lowest BCUT2D eigenvalue weighted by atomic mass is 9.90. The summed E-state index contributed by atoms with van der Waals surface area (Å²) in [7, 11) is 1.36. The number of hydrazone groups is 1. The summed E-state index contributed by atoms with van der Waals surface area (Å²) in [5.41, 5.74) is 3.40. The molecule has 0 spiro atoms. The number of hydroxylamine groups is 1. The number of nitrogens with zero attached hydrogens (tertiary/aromatic N) is 2. The van der Waals surface area contributed by atoms with Crippen LogP contribution in [-0.2, 0) is 9.63 Å². The van der Waals surface area contributed by atoms with E-state index < -0.39 is 11.4 Å². The number of oxime groups is 1. The van der Waals surface area contributed by atoms with Gasteiger partial charge in [0, 0.05) is 0 Å². The Labute approximate surface area is 80.8 Å². The van der Waals surface area contributed by atoms with Gasteiger partial charge in [-0.15, -0.1) is 0 Å². The number of nitrogens with one attached hydrogen (secondary N) is 2. The minimum Gasteiger partial charge on any atom is -0.399 e. The SMILES string of the molecule is CON=C(C)C1(NO)C(=O)NN=C1C. The third-order valence-electron chi connectivity index (χ3n) is 2.15. The molecule has 0 bridgehead atoms. The highest BCUT2D eigenvalue weighted by molar-refractivity contribution is 6.32. The first-order valence-electron chi connectivity index (χ1n) is 3.94. The summed E-state index contributed by atoms with van der Waals surface area (Å²) in [6.07, 6.45) is 0. The van der Waals surface area contributed by atoms with Crippen LogP contribution in [0.25, 0.3) is 0 Å². The maximum absolute atomic E-state index is 11.5. The highest BCUT2D eigenvalue weighted by atomic mass is 16.6. The second-order valence-corrected chi connectivity index (χ2v) is 2.86. The van der Waals surface area contributed by atoms with Crippen molar-refractivity contribution in [1.82, 2.24) is 10.9 Å². The lowest BCUT2D eigenvalue weighted by Gasteiger charge is -2.23. The number of rotatable bonds is 3. The average Bonchev–Trinajstić information content (AvgIpc) is 2.44. The summed E-state index contributed by atoms with van der Waals surface area (Å²) in [5, 5.41) is 16.3. The topological polar surface area (TPSA) is 95.3 Å². The minimum atomic E-state index is -1.41. The molecule has 0 saturated heterocycles. The van der Waals surface area contributed by atoms with Crippen molar-refractivity contribution in [2.45, 2.75) is 19.4 Å². The third kappa shape index (κ3) is 1.26. The van der Waals surface area contributed by atoms with E-state index in [0.29, 0.717) is 5.71 Å². The summed E-state index contributed by atoms with van der Waals surface area (Å²) >= 11 is 0. The lowest BCUT2D eigenvalue weighted by molar-refractivity contribution is -0.124. The first kappa shape index (κ1) is 10.6. The van der Waals surface area contributed by atoms with Crippen molar-refractivity contribution in [1.29, 1.82) is 0 Å². The van der Waals surface area contributed by atoms with Gasteiger partial charge in [0.1, 0.15) is 7.11 Å². The molecule has 7 heteroatoms. The molecule has 1 amide bonds. The van der Waals surface area contributed by atoms with Crippen LogP contribution in [0.2, 0.25) is 0 Å². The van der Waals surface area contributed by atoms with Gasteiger partial charge in [-0.3, -0.25) is 4.79 Å². The largest absolute Gasteiger partial charge is 0.399 e. The second kappa shape index (κ2) is 3.72. The molecule has 1 aliphatic rings. The molecule has 1 unspecified atom stereocenters. The second-order valence-electron chi connectivity index (χ2n) is 2.86. The molecule has 0 aromatic rings. The molecule has 0 aromatic carbocycles. The summed E-state index contributed by atoms with van der Waals surface area (Å²) in [4.78, 5) is 16.0. The molecule has 14 heavy (non-hydrogen) atoms. The van der Waals surface area contributed by atoms with E-state index in [-0.39, 0.29) is 5.71 Å². The van der Waals surface area contributed by atoms with Gasteiger partial charge >= 0.3 is 0 Å². The summed E-state index contributed by atoms with van der Waals surface area (Å²) in [5.74, 6) is -0.490. The zero-order valence-electron chi connectivity index (χ0n) is 8.16. The summed E-state index contributed by atoms with van der Waals surface area (Å²) in [6, 6.07) is 0. The van der Waals surface area contributed by atoms with E-state index in [2.05, 4.69) is 20.5 Å². The fourth-order valence-electron chi connectivity index (χ4n) is 1.31. The molecule has 1 rings (SSSR count). The summed E-state index contributed by atoms with van der Waals surface area (Å²) in [6.45, 7) is 3.15. The van der Waals surface area contributed by atoms with E-state index in [9.17, 15) is 4.79 Å². The van der Waals surface area contributed by atoms with Crippen molar-refractivity contribution in [3.05, 3.63) is 0 Å². The molecule has 1 atom stereocenters. The van der Waals surface area contributed by atoms with E-state index in [0.717, 1.165) is 0 Å². The quantitative estimate of drug-likeness (QED) is 0.412. The van der Waals surface area contributed by atoms with Gasteiger partial charge in [-0.1, -0.05) is 5.16 Å². The van der Waals surface area contributed by atoms with Crippen molar-refractivity contribution in [3.63, 3.8) is 0 Å². The molecule has 0 aromatic heterocycles. The molecule has 1 aliphatic heterocycles. The highest BCUT2D eigenvalue weighted by Crippen LogP contribution is 2.15. The minimum absolute atomic E-state index is 0.277. The monoisotopic (exact) mass is 200 g/mol. The number of hydrogen-bond donors (Lipinski definition) is 3. The third-order valence-corrected chi connectivity index (χ3v) is 2.15. The molecule has 0 aliphatic carbocycles. The Morgan fingerprint density at radius 2 is 2.43 bits per heavy atom. The van der Waals surface area contributed by atoms with Gasteiger partial charge in [0.15, 0.2) is 0 Å². The Kier molecular flexibility index (Phi) is 2.82. The Balaban J connectivity index is 3.14. The maximum Gasteiger partial charge on any atom is 0.274 e. The van der Waals surface area contributed by atoms with Crippen LogP contribution in [-0.4, -0.2) is 35.2 Å². The van der Waals surface area contributed by atoms with Crippen molar-refractivity contribution >= 4 is 17.3 Å². The van der Waals surface area contributed by atoms with Crippen molar-refractivity contribution in [3.8, 4) is 0 Å². The fourth-order valence-corrected chi connectivity index (χ4v) is 1.31. The van der Waals surface area contributed by atoms with Crippen LogP contribution >= 0.6 is 0 Å². The number of amides is 1. The van der Waals surface area contributed by atoms with Crippen LogP contribution in [0.5, 0.6) is 0 Å². The maximum atomic E-state index is 11.5. The van der Waals surface area contributed by atoms with Gasteiger partial charge in [0.25, 0.3) is 5.91 Å². The molecule has 78 valence electrons. The van der Waals surface area contributed by atoms with E-state index in [1.807, 2.05) is 5.48 Å². The number of carbonyl (C=O) groups is 1. The van der Waals surface area contributed by atoms with E-state index in [4.69, 9.17) is 5.21 Å². The van der Waals surface area contributed by atoms with E-state index in [1.54, 1.807) is 13.8 Å². The molecule has 0 radical (unpaired) electrons. The van der Waals surface area contributed by atoms with Crippen LogP contribution in [0.4, 0.5) is 0 Å². The van der Waals surface area contributed by atoms with Gasteiger partial charge < -0.3 is 10.0 Å². The molecular formula is C7H12N4O3. The zero-order valence-corrected chi connectivity index (χ0v) is 8.16. The van der Waals surface area contributed by atoms with Crippen molar-refractivity contribution in [2.24, 2.45) is 10.3 Å². The molecule has 3 N–H and O–H groups in total. The average molecular weight is 200 g/mol. The van der Waals surface area contributed by atoms with Gasteiger partial charge in [-0.05, 0) is 13.8 Å². The van der Waals surface area contributed by atoms with Gasteiger partial charge in [-0.25, -0.2) is 5.43 Å². The van der Waals surface area contributed by atoms with E-state index >= 15 is 0 Å². The van der Waals surface area contributed by atoms with Crippen LogP contribution in [0.3, 0.4) is 0 Å². The predicted octanol–water partition coefficient (Wildman–Crippen LogP) is -0.768. The van der Waals surface area contributed by atoms with Crippen LogP contribution in [0, 0.1) is 0 Å². The van der Waals surface area contributed by atoms with Crippen LogP contribution in [0.1, 0.15) is 13.8 Å². The Hall–Kier alpha value is -1.47. The normalized spacial score (nSPS) is 27.3. The van der Waals surface area contributed by atoms with E-state index in [1.165, 1.54) is 7.11 Å². The first-order chi connectivity index (χ1) is 6.59. The standard InChI is InChI=1S/C7H12N4O3/c1-4-7(11-13,5(2)10-14-3)6(12)9-8-4/h11,13H,1-3H3,(H,9,12). The van der Waals surface area contributed by atoms with Crippen LogP contribution in [0.15, 0.2) is 10.3 Å². The molecular weight excluding hydrogens is 188 g/mol. The first-order valence-corrected chi connectivity index (χ1v) is 3.94. The Morgan fingerprint density at radius 1 is 1.79 bits per heavy atom. The molecule has 7 nitrogen and oxygen atoms in total. The molecule has 0 fully saturated rings. The molecule has 1 heterocycles. The lowest BCUT2D eigenvalue weighted by Crippen LogP contribution is -2.60. The van der Waals surface area contributed by atoms with Gasteiger partial charge in [0.05, 0.1) is 11.4 Å².